The Morgan fingerprint density at radius 3 is 2.55 bits per heavy atom. The fourth-order valence-corrected chi connectivity index (χ4v) is 4.54. The van der Waals surface area contributed by atoms with Gasteiger partial charge in [0.05, 0.1) is 5.56 Å². The number of nitrogens with zero attached hydrogens (tertiary/aromatic N) is 2. The van der Waals surface area contributed by atoms with Gasteiger partial charge in [-0.05, 0) is 43.3 Å². The highest BCUT2D eigenvalue weighted by Crippen LogP contribution is 2.43. The highest BCUT2D eigenvalue weighted by molar-refractivity contribution is 5.95. The number of likely N-dealkylation sites (tertiary alicyclic amines) is 2. The van der Waals surface area contributed by atoms with Crippen molar-refractivity contribution in [1.29, 1.82) is 0 Å². The van der Waals surface area contributed by atoms with Crippen molar-refractivity contribution in [1.82, 2.24) is 15.1 Å². The van der Waals surface area contributed by atoms with Gasteiger partial charge in [0.25, 0.3) is 11.8 Å². The standard InChI is InChI=1S/C22H23F2N3O2/c1-26-11-16(10-25-20(28)15-5-3-2-4-6-15)22(12-26)13-27(14-22)21(29)18-9-17(23)7-8-19(18)24/h2-9,16H,10-14H2,1H3,(H,25,28). The summed E-state index contributed by atoms with van der Waals surface area (Å²) in [6.07, 6.45) is 0. The van der Waals surface area contributed by atoms with Crippen LogP contribution in [0, 0.1) is 23.0 Å². The van der Waals surface area contributed by atoms with E-state index < -0.39 is 17.5 Å². The van der Waals surface area contributed by atoms with Crippen LogP contribution in [0.5, 0.6) is 0 Å². The van der Waals surface area contributed by atoms with Gasteiger partial charge in [-0.15, -0.1) is 0 Å². The number of amides is 2. The van der Waals surface area contributed by atoms with E-state index in [1.54, 1.807) is 17.0 Å². The quantitative estimate of drug-likeness (QED) is 0.859. The van der Waals surface area contributed by atoms with Crippen LogP contribution in [0.2, 0.25) is 0 Å². The Labute approximate surface area is 168 Å². The van der Waals surface area contributed by atoms with Crippen molar-refractivity contribution in [3.63, 3.8) is 0 Å². The molecule has 2 aliphatic heterocycles. The molecule has 7 heteroatoms. The molecule has 0 radical (unpaired) electrons. The molecule has 2 amide bonds. The summed E-state index contributed by atoms with van der Waals surface area (Å²) in [5.41, 5.74) is 0.234. The van der Waals surface area contributed by atoms with Gasteiger partial charge in [-0.2, -0.15) is 0 Å². The van der Waals surface area contributed by atoms with E-state index in [-0.39, 0.29) is 22.8 Å². The highest BCUT2D eigenvalue weighted by atomic mass is 19.1. The maximum absolute atomic E-state index is 13.9. The Balaban J connectivity index is 1.41. The van der Waals surface area contributed by atoms with Crippen molar-refractivity contribution in [2.75, 3.05) is 39.8 Å². The second-order valence-electron chi connectivity index (χ2n) is 8.12. The summed E-state index contributed by atoms with van der Waals surface area (Å²) in [6, 6.07) is 12.0. The van der Waals surface area contributed by atoms with Gasteiger partial charge in [0.15, 0.2) is 0 Å². The van der Waals surface area contributed by atoms with Crippen LogP contribution < -0.4 is 5.32 Å². The molecule has 0 saturated carbocycles. The molecule has 2 fully saturated rings. The largest absolute Gasteiger partial charge is 0.352 e. The molecule has 2 aliphatic rings. The molecule has 5 nitrogen and oxygen atoms in total. The minimum absolute atomic E-state index is 0.121. The van der Waals surface area contributed by atoms with Crippen LogP contribution >= 0.6 is 0 Å². The number of nitrogens with one attached hydrogen (secondary N) is 1. The molecule has 0 aromatic heterocycles. The molecule has 4 rings (SSSR count). The SMILES string of the molecule is CN1CC(CNC(=O)c2ccccc2)C2(C1)CN(C(=O)c1cc(F)ccc1F)C2. The molecular formula is C22H23F2N3O2. The zero-order valence-electron chi connectivity index (χ0n) is 16.2. The number of hydrogen-bond donors (Lipinski definition) is 1. The van der Waals surface area contributed by atoms with E-state index >= 15 is 0 Å². The number of carbonyl (C=O) groups excluding carboxylic acids is 2. The van der Waals surface area contributed by atoms with E-state index in [1.807, 2.05) is 25.2 Å². The van der Waals surface area contributed by atoms with Crippen molar-refractivity contribution in [2.45, 2.75) is 0 Å². The molecule has 1 atom stereocenters. The van der Waals surface area contributed by atoms with Gasteiger partial charge in [-0.25, -0.2) is 8.78 Å². The summed E-state index contributed by atoms with van der Waals surface area (Å²) in [6.45, 7) is 3.06. The third-order valence-corrected chi connectivity index (χ3v) is 5.99. The summed E-state index contributed by atoms with van der Waals surface area (Å²) < 4.78 is 27.4. The van der Waals surface area contributed by atoms with Crippen molar-refractivity contribution in [3.8, 4) is 0 Å². The predicted molar refractivity (Wildman–Crippen MR) is 104 cm³/mol. The Morgan fingerprint density at radius 2 is 1.83 bits per heavy atom. The molecule has 1 spiro atoms. The zero-order valence-corrected chi connectivity index (χ0v) is 16.2. The molecule has 0 bridgehead atoms. The highest BCUT2D eigenvalue weighted by Gasteiger charge is 2.54. The normalized spacial score (nSPS) is 20.5. The second kappa shape index (κ2) is 7.55. The maximum atomic E-state index is 13.9. The predicted octanol–water partition coefficient (Wildman–Crippen LogP) is 2.40. The Hall–Kier alpha value is -2.80. The summed E-state index contributed by atoms with van der Waals surface area (Å²) in [7, 11) is 2.01. The molecule has 1 unspecified atom stereocenters. The smallest absolute Gasteiger partial charge is 0.256 e. The molecule has 1 N–H and O–H groups in total. The number of hydrogen-bond acceptors (Lipinski definition) is 3. The maximum Gasteiger partial charge on any atom is 0.256 e. The first-order valence-electron chi connectivity index (χ1n) is 9.64. The molecule has 0 aliphatic carbocycles. The van der Waals surface area contributed by atoms with Gasteiger partial charge in [-0.1, -0.05) is 18.2 Å². The lowest BCUT2D eigenvalue weighted by Crippen LogP contribution is -2.63. The van der Waals surface area contributed by atoms with Crippen molar-refractivity contribution >= 4 is 11.8 Å². The van der Waals surface area contributed by atoms with Gasteiger partial charge < -0.3 is 15.1 Å². The second-order valence-corrected chi connectivity index (χ2v) is 8.12. The van der Waals surface area contributed by atoms with Crippen molar-refractivity contribution < 1.29 is 18.4 Å². The first-order valence-corrected chi connectivity index (χ1v) is 9.64. The van der Waals surface area contributed by atoms with Crippen LogP contribution in [-0.2, 0) is 0 Å². The summed E-state index contributed by atoms with van der Waals surface area (Å²) >= 11 is 0. The summed E-state index contributed by atoms with van der Waals surface area (Å²) in [4.78, 5) is 28.7. The molecule has 2 saturated heterocycles. The van der Waals surface area contributed by atoms with Crippen LogP contribution in [0.25, 0.3) is 0 Å². The van der Waals surface area contributed by atoms with Crippen molar-refractivity contribution in [2.24, 2.45) is 11.3 Å². The molecule has 2 aromatic carbocycles. The van der Waals surface area contributed by atoms with Crippen LogP contribution in [0.3, 0.4) is 0 Å². The lowest BCUT2D eigenvalue weighted by molar-refractivity contribution is -0.00988. The molecule has 2 aromatic rings. The minimum Gasteiger partial charge on any atom is -0.352 e. The summed E-state index contributed by atoms with van der Waals surface area (Å²) in [5, 5.41) is 3.00. The van der Waals surface area contributed by atoms with E-state index in [0.29, 0.717) is 25.2 Å². The van der Waals surface area contributed by atoms with E-state index in [9.17, 15) is 18.4 Å². The summed E-state index contributed by atoms with van der Waals surface area (Å²) in [5.74, 6) is -1.78. The van der Waals surface area contributed by atoms with E-state index in [4.69, 9.17) is 0 Å². The molecular weight excluding hydrogens is 376 g/mol. The number of benzene rings is 2. The van der Waals surface area contributed by atoms with E-state index in [0.717, 1.165) is 31.3 Å². The van der Waals surface area contributed by atoms with Crippen LogP contribution in [-0.4, -0.2) is 61.4 Å². The molecule has 29 heavy (non-hydrogen) atoms. The average Bonchev–Trinajstić information content (AvgIpc) is 3.03. The van der Waals surface area contributed by atoms with Crippen LogP contribution in [0.15, 0.2) is 48.5 Å². The number of rotatable bonds is 4. The zero-order chi connectivity index (χ0) is 20.6. The Morgan fingerprint density at radius 1 is 1.10 bits per heavy atom. The lowest BCUT2D eigenvalue weighted by Gasteiger charge is -2.51. The van der Waals surface area contributed by atoms with E-state index in [1.165, 1.54) is 0 Å². The Kier molecular flexibility index (Phi) is 5.08. The monoisotopic (exact) mass is 399 g/mol. The lowest BCUT2D eigenvalue weighted by atomic mass is 9.71. The van der Waals surface area contributed by atoms with Gasteiger partial charge in [0.1, 0.15) is 11.6 Å². The van der Waals surface area contributed by atoms with Gasteiger partial charge >= 0.3 is 0 Å². The topological polar surface area (TPSA) is 52.7 Å². The third-order valence-electron chi connectivity index (χ3n) is 5.99. The number of carbonyl (C=O) groups is 2. The third kappa shape index (κ3) is 3.74. The van der Waals surface area contributed by atoms with E-state index in [2.05, 4.69) is 10.2 Å². The van der Waals surface area contributed by atoms with Crippen LogP contribution in [0.1, 0.15) is 20.7 Å². The number of halogens is 2. The fraction of sp³-hybridized carbons (Fsp3) is 0.364. The first-order chi connectivity index (χ1) is 13.9. The minimum atomic E-state index is -0.715. The molecule has 152 valence electrons. The fourth-order valence-electron chi connectivity index (χ4n) is 4.54. The van der Waals surface area contributed by atoms with Crippen LogP contribution in [0.4, 0.5) is 8.78 Å². The van der Waals surface area contributed by atoms with Gasteiger partial charge in [-0.3, -0.25) is 9.59 Å². The van der Waals surface area contributed by atoms with Gasteiger partial charge in [0, 0.05) is 43.7 Å². The average molecular weight is 399 g/mol. The first kappa shape index (κ1) is 19.5. The molecule has 2 heterocycles. The Bertz CT molecular complexity index is 929. The van der Waals surface area contributed by atoms with Gasteiger partial charge in [0.2, 0.25) is 0 Å². The van der Waals surface area contributed by atoms with Crippen molar-refractivity contribution in [3.05, 3.63) is 71.3 Å².